The van der Waals surface area contributed by atoms with E-state index in [0.29, 0.717) is 17.0 Å². The summed E-state index contributed by atoms with van der Waals surface area (Å²) in [7, 11) is -2.28. The quantitative estimate of drug-likeness (QED) is 0.827. The standard InChI is InChI=1S/C18H22N2O4S/c1-12-6-5-7-13(2)18(12)20-17(21)11-19-25(22,23)16-9-8-15(24-4)10-14(16)3/h5-10,19H,11H2,1-4H3,(H,20,21). The van der Waals surface area contributed by atoms with Crippen LogP contribution in [0.4, 0.5) is 5.69 Å². The molecule has 0 aliphatic heterocycles. The van der Waals surface area contributed by atoms with Gasteiger partial charge in [0.15, 0.2) is 0 Å². The SMILES string of the molecule is COc1ccc(S(=O)(=O)NCC(=O)Nc2c(C)cccc2C)c(C)c1. The van der Waals surface area contributed by atoms with Crippen molar-refractivity contribution in [2.24, 2.45) is 0 Å². The fourth-order valence-corrected chi connectivity index (χ4v) is 3.69. The lowest BCUT2D eigenvalue weighted by molar-refractivity contribution is -0.115. The number of anilines is 1. The second-order valence-corrected chi connectivity index (χ2v) is 7.51. The number of methoxy groups -OCH3 is 1. The molecule has 2 aromatic rings. The molecule has 25 heavy (non-hydrogen) atoms. The second-order valence-electron chi connectivity index (χ2n) is 5.77. The summed E-state index contributed by atoms with van der Waals surface area (Å²) in [5, 5.41) is 2.75. The van der Waals surface area contributed by atoms with Crippen LogP contribution in [-0.2, 0) is 14.8 Å². The van der Waals surface area contributed by atoms with Crippen molar-refractivity contribution < 1.29 is 17.9 Å². The van der Waals surface area contributed by atoms with Crippen LogP contribution in [-0.4, -0.2) is 28.0 Å². The number of carbonyl (C=O) groups is 1. The van der Waals surface area contributed by atoms with E-state index in [1.807, 2.05) is 32.0 Å². The van der Waals surface area contributed by atoms with Gasteiger partial charge in [0.05, 0.1) is 18.6 Å². The van der Waals surface area contributed by atoms with Crippen LogP contribution in [0, 0.1) is 20.8 Å². The topological polar surface area (TPSA) is 84.5 Å². The average Bonchev–Trinajstić information content (AvgIpc) is 2.56. The fourth-order valence-electron chi connectivity index (χ4n) is 2.48. The normalized spacial score (nSPS) is 11.2. The van der Waals surface area contributed by atoms with Crippen molar-refractivity contribution in [2.75, 3.05) is 19.0 Å². The Bertz CT molecular complexity index is 872. The summed E-state index contributed by atoms with van der Waals surface area (Å²) in [6.45, 7) is 5.09. The molecule has 0 radical (unpaired) electrons. The van der Waals surface area contributed by atoms with Crippen molar-refractivity contribution in [2.45, 2.75) is 25.7 Å². The number of hydrogen-bond donors (Lipinski definition) is 2. The third-order valence-corrected chi connectivity index (χ3v) is 5.40. The first kappa shape index (κ1) is 19.0. The van der Waals surface area contributed by atoms with E-state index >= 15 is 0 Å². The van der Waals surface area contributed by atoms with E-state index in [1.54, 1.807) is 19.1 Å². The smallest absolute Gasteiger partial charge is 0.241 e. The van der Waals surface area contributed by atoms with Gasteiger partial charge in [-0.1, -0.05) is 18.2 Å². The Labute approximate surface area is 148 Å². The molecule has 0 aromatic heterocycles. The van der Waals surface area contributed by atoms with Gasteiger partial charge in [0, 0.05) is 5.69 Å². The van der Waals surface area contributed by atoms with Crippen molar-refractivity contribution in [1.29, 1.82) is 0 Å². The number of benzene rings is 2. The molecule has 0 unspecified atom stereocenters. The molecule has 134 valence electrons. The maximum Gasteiger partial charge on any atom is 0.241 e. The van der Waals surface area contributed by atoms with E-state index in [9.17, 15) is 13.2 Å². The Kier molecular flexibility index (Phi) is 5.81. The summed E-state index contributed by atoms with van der Waals surface area (Å²) in [6, 6.07) is 10.3. The lowest BCUT2D eigenvalue weighted by atomic mass is 10.1. The van der Waals surface area contributed by atoms with Crippen LogP contribution < -0.4 is 14.8 Å². The first-order chi connectivity index (χ1) is 11.7. The molecule has 2 rings (SSSR count). The summed E-state index contributed by atoms with van der Waals surface area (Å²) in [6.07, 6.45) is 0. The third-order valence-electron chi connectivity index (χ3n) is 3.84. The van der Waals surface area contributed by atoms with E-state index in [4.69, 9.17) is 4.74 Å². The molecule has 0 atom stereocenters. The molecule has 0 heterocycles. The van der Waals surface area contributed by atoms with Gasteiger partial charge in [0.2, 0.25) is 15.9 Å². The molecule has 0 aliphatic rings. The van der Waals surface area contributed by atoms with E-state index in [0.717, 1.165) is 11.1 Å². The van der Waals surface area contributed by atoms with Crippen molar-refractivity contribution in [3.8, 4) is 5.75 Å². The van der Waals surface area contributed by atoms with Crippen molar-refractivity contribution in [1.82, 2.24) is 4.72 Å². The van der Waals surface area contributed by atoms with Gasteiger partial charge in [-0.25, -0.2) is 13.1 Å². The van der Waals surface area contributed by atoms with Crippen molar-refractivity contribution in [3.05, 3.63) is 53.1 Å². The number of amides is 1. The maximum atomic E-state index is 12.4. The summed E-state index contributed by atoms with van der Waals surface area (Å²) >= 11 is 0. The predicted molar refractivity (Wildman–Crippen MR) is 97.5 cm³/mol. The van der Waals surface area contributed by atoms with Crippen LogP contribution in [0.5, 0.6) is 5.75 Å². The third kappa shape index (κ3) is 4.58. The minimum Gasteiger partial charge on any atom is -0.497 e. The van der Waals surface area contributed by atoms with Crippen LogP contribution in [0.2, 0.25) is 0 Å². The Hall–Kier alpha value is -2.38. The number of aryl methyl sites for hydroxylation is 3. The predicted octanol–water partition coefficient (Wildman–Crippen LogP) is 2.54. The molecule has 0 aliphatic carbocycles. The number of sulfonamides is 1. The first-order valence-electron chi connectivity index (χ1n) is 7.75. The van der Waals surface area contributed by atoms with Gasteiger partial charge < -0.3 is 10.1 Å². The Morgan fingerprint density at radius 2 is 1.68 bits per heavy atom. The highest BCUT2D eigenvalue weighted by atomic mass is 32.2. The molecule has 0 saturated heterocycles. The highest BCUT2D eigenvalue weighted by Gasteiger charge is 2.18. The number of nitrogens with one attached hydrogen (secondary N) is 2. The van der Waals surface area contributed by atoms with Crippen LogP contribution in [0.15, 0.2) is 41.3 Å². The van der Waals surface area contributed by atoms with E-state index in [1.165, 1.54) is 13.2 Å². The van der Waals surface area contributed by atoms with Gasteiger partial charge in [-0.2, -0.15) is 0 Å². The second kappa shape index (κ2) is 7.67. The van der Waals surface area contributed by atoms with E-state index in [-0.39, 0.29) is 11.4 Å². The summed E-state index contributed by atoms with van der Waals surface area (Å²) in [5.74, 6) is 0.149. The van der Waals surface area contributed by atoms with Gasteiger partial charge in [0.1, 0.15) is 5.75 Å². The number of hydrogen-bond acceptors (Lipinski definition) is 4. The van der Waals surface area contributed by atoms with Crippen LogP contribution in [0.25, 0.3) is 0 Å². The highest BCUT2D eigenvalue weighted by molar-refractivity contribution is 7.89. The highest BCUT2D eigenvalue weighted by Crippen LogP contribution is 2.21. The van der Waals surface area contributed by atoms with Gasteiger partial charge in [-0.15, -0.1) is 0 Å². The monoisotopic (exact) mass is 362 g/mol. The maximum absolute atomic E-state index is 12.4. The zero-order valence-corrected chi connectivity index (χ0v) is 15.5. The van der Waals surface area contributed by atoms with Crippen molar-refractivity contribution >= 4 is 21.6 Å². The molecule has 0 fully saturated rings. The van der Waals surface area contributed by atoms with Crippen molar-refractivity contribution in [3.63, 3.8) is 0 Å². The van der Waals surface area contributed by atoms with Crippen LogP contribution in [0.3, 0.4) is 0 Å². The van der Waals surface area contributed by atoms with Crippen LogP contribution >= 0.6 is 0 Å². The number of para-hydroxylation sites is 1. The molecule has 0 saturated carbocycles. The van der Waals surface area contributed by atoms with Crippen LogP contribution in [0.1, 0.15) is 16.7 Å². The minimum absolute atomic E-state index is 0.119. The van der Waals surface area contributed by atoms with E-state index < -0.39 is 15.9 Å². The molecule has 0 bridgehead atoms. The lowest BCUT2D eigenvalue weighted by Gasteiger charge is -2.13. The largest absolute Gasteiger partial charge is 0.497 e. The fraction of sp³-hybridized carbons (Fsp3) is 0.278. The Morgan fingerprint density at radius 1 is 1.04 bits per heavy atom. The molecule has 2 N–H and O–H groups in total. The molecule has 2 aromatic carbocycles. The molecule has 0 spiro atoms. The molecule has 6 nitrogen and oxygen atoms in total. The van der Waals surface area contributed by atoms with Gasteiger partial charge >= 0.3 is 0 Å². The molecule has 1 amide bonds. The summed E-state index contributed by atoms with van der Waals surface area (Å²) in [5.41, 5.74) is 3.08. The van der Waals surface area contributed by atoms with Gasteiger partial charge in [-0.05, 0) is 55.7 Å². The zero-order chi connectivity index (χ0) is 18.6. The first-order valence-corrected chi connectivity index (χ1v) is 9.23. The average molecular weight is 362 g/mol. The number of ether oxygens (including phenoxy) is 1. The Morgan fingerprint density at radius 3 is 2.24 bits per heavy atom. The van der Waals surface area contributed by atoms with E-state index in [2.05, 4.69) is 10.0 Å². The number of rotatable bonds is 6. The van der Waals surface area contributed by atoms with Gasteiger partial charge in [0.25, 0.3) is 0 Å². The summed E-state index contributed by atoms with van der Waals surface area (Å²) < 4.78 is 32.2. The lowest BCUT2D eigenvalue weighted by Crippen LogP contribution is -2.33. The minimum atomic E-state index is -3.79. The molecular formula is C18H22N2O4S. The van der Waals surface area contributed by atoms with Gasteiger partial charge in [-0.3, -0.25) is 4.79 Å². The summed E-state index contributed by atoms with van der Waals surface area (Å²) in [4.78, 5) is 12.2. The zero-order valence-electron chi connectivity index (χ0n) is 14.7. The Balaban J connectivity index is 2.08. The number of carbonyl (C=O) groups excluding carboxylic acids is 1. The molecular weight excluding hydrogens is 340 g/mol. The molecule has 7 heteroatoms.